The monoisotopic (exact) mass is 374 g/mol. The van der Waals surface area contributed by atoms with Gasteiger partial charge in [-0.3, -0.25) is 0 Å². The Balaban J connectivity index is 1.90. The van der Waals surface area contributed by atoms with Gasteiger partial charge >= 0.3 is 6.03 Å². The number of halogens is 2. The zero-order valence-corrected chi connectivity index (χ0v) is 15.3. The van der Waals surface area contributed by atoms with E-state index in [2.05, 4.69) is 5.32 Å². The first-order valence-corrected chi connectivity index (χ1v) is 8.47. The second kappa shape index (κ2) is 8.31. The molecule has 2 atom stereocenters. The molecule has 0 bridgehead atoms. The lowest BCUT2D eigenvalue weighted by Gasteiger charge is -2.29. The average molecular weight is 375 g/mol. The summed E-state index contributed by atoms with van der Waals surface area (Å²) in [6.45, 7) is 3.94. The van der Waals surface area contributed by atoms with E-state index in [0.717, 1.165) is 0 Å². The van der Waals surface area contributed by atoms with Gasteiger partial charge in [-0.05, 0) is 31.9 Å². The first-order chi connectivity index (χ1) is 11.7. The molecule has 0 aromatic heterocycles. The molecule has 2 rings (SSSR count). The standard InChI is InChI=1S/C17H24ClFN2O4/c1-17(2)24-10-13(25-17)7-12(9-22)21(3)16(23)20-8-11-5-4-6-14(19)15(11)18/h4-6,12-13,22H,7-10H2,1-3H3,(H,20,23). The number of nitrogens with one attached hydrogen (secondary N) is 1. The molecule has 2 N–H and O–H groups in total. The number of aliphatic hydroxyl groups is 1. The first kappa shape index (κ1) is 19.9. The normalized spacial score (nSPS) is 20.3. The van der Waals surface area contributed by atoms with Crippen LogP contribution in [0.1, 0.15) is 25.8 Å². The number of ether oxygens (including phenoxy) is 2. The highest BCUT2D eigenvalue weighted by atomic mass is 35.5. The first-order valence-electron chi connectivity index (χ1n) is 8.09. The molecule has 1 saturated heterocycles. The summed E-state index contributed by atoms with van der Waals surface area (Å²) in [5, 5.41) is 12.3. The van der Waals surface area contributed by atoms with Crippen molar-refractivity contribution in [1.29, 1.82) is 0 Å². The summed E-state index contributed by atoms with van der Waals surface area (Å²) in [5.41, 5.74) is 0.484. The van der Waals surface area contributed by atoms with Gasteiger partial charge in [-0.1, -0.05) is 23.7 Å². The maximum absolute atomic E-state index is 13.4. The van der Waals surface area contributed by atoms with Crippen LogP contribution in [0.15, 0.2) is 18.2 Å². The molecule has 1 aromatic carbocycles. The van der Waals surface area contributed by atoms with Gasteiger partial charge in [-0.15, -0.1) is 0 Å². The zero-order valence-electron chi connectivity index (χ0n) is 14.6. The van der Waals surface area contributed by atoms with E-state index in [1.165, 1.54) is 17.0 Å². The van der Waals surface area contributed by atoms with Crippen molar-refractivity contribution in [3.63, 3.8) is 0 Å². The molecule has 2 amide bonds. The average Bonchev–Trinajstić information content (AvgIpc) is 2.91. The van der Waals surface area contributed by atoms with Gasteiger partial charge in [-0.2, -0.15) is 0 Å². The van der Waals surface area contributed by atoms with Crippen molar-refractivity contribution in [3.8, 4) is 0 Å². The van der Waals surface area contributed by atoms with E-state index in [-0.39, 0.29) is 24.3 Å². The van der Waals surface area contributed by atoms with Crippen LogP contribution in [0.4, 0.5) is 9.18 Å². The van der Waals surface area contributed by atoms with Crippen LogP contribution in [0, 0.1) is 5.82 Å². The third-order valence-corrected chi connectivity index (χ3v) is 4.57. The number of carbonyl (C=O) groups excluding carboxylic acids is 1. The molecule has 140 valence electrons. The summed E-state index contributed by atoms with van der Waals surface area (Å²) in [6.07, 6.45) is 0.255. The van der Waals surface area contributed by atoms with Crippen LogP contribution in [0.2, 0.25) is 5.02 Å². The molecule has 0 aliphatic carbocycles. The highest BCUT2D eigenvalue weighted by Gasteiger charge is 2.35. The van der Waals surface area contributed by atoms with Crippen LogP contribution < -0.4 is 5.32 Å². The summed E-state index contributed by atoms with van der Waals surface area (Å²) >= 11 is 5.88. The number of carbonyl (C=O) groups is 1. The number of urea groups is 1. The van der Waals surface area contributed by atoms with E-state index in [1.807, 2.05) is 13.8 Å². The molecule has 1 heterocycles. The number of nitrogens with zero attached hydrogens (tertiary/aromatic N) is 1. The molecular formula is C17H24ClFN2O4. The van der Waals surface area contributed by atoms with E-state index < -0.39 is 23.7 Å². The number of amides is 2. The number of aliphatic hydroxyl groups excluding tert-OH is 1. The summed E-state index contributed by atoms with van der Waals surface area (Å²) in [5.74, 6) is -1.18. The highest BCUT2D eigenvalue weighted by Crippen LogP contribution is 2.25. The molecule has 0 radical (unpaired) electrons. The predicted octanol–water partition coefficient (Wildman–Crippen LogP) is 2.52. The minimum Gasteiger partial charge on any atom is -0.394 e. The molecule has 0 saturated carbocycles. The van der Waals surface area contributed by atoms with Gasteiger partial charge in [0.05, 0.1) is 30.4 Å². The van der Waals surface area contributed by atoms with Crippen molar-refractivity contribution in [2.24, 2.45) is 0 Å². The molecule has 0 spiro atoms. The van der Waals surface area contributed by atoms with E-state index >= 15 is 0 Å². The second-order valence-corrected chi connectivity index (χ2v) is 6.88. The molecule has 1 fully saturated rings. The molecule has 25 heavy (non-hydrogen) atoms. The molecule has 1 aliphatic rings. The maximum atomic E-state index is 13.4. The lowest BCUT2D eigenvalue weighted by molar-refractivity contribution is -0.140. The molecule has 2 unspecified atom stereocenters. The fraction of sp³-hybridized carbons (Fsp3) is 0.588. The predicted molar refractivity (Wildman–Crippen MR) is 91.8 cm³/mol. The van der Waals surface area contributed by atoms with Gasteiger partial charge in [0.15, 0.2) is 5.79 Å². The van der Waals surface area contributed by atoms with Gasteiger partial charge in [0, 0.05) is 13.6 Å². The third-order valence-electron chi connectivity index (χ3n) is 4.14. The van der Waals surface area contributed by atoms with Crippen LogP contribution in [0.5, 0.6) is 0 Å². The van der Waals surface area contributed by atoms with Gasteiger partial charge in [0.25, 0.3) is 0 Å². The van der Waals surface area contributed by atoms with Crippen molar-refractivity contribution >= 4 is 17.6 Å². The summed E-state index contributed by atoms with van der Waals surface area (Å²) in [6, 6.07) is 3.61. The minimum absolute atomic E-state index is 0.0112. The number of benzene rings is 1. The molecule has 1 aliphatic heterocycles. The highest BCUT2D eigenvalue weighted by molar-refractivity contribution is 6.31. The number of hydrogen-bond donors (Lipinski definition) is 2. The Morgan fingerprint density at radius 3 is 2.88 bits per heavy atom. The molecule has 6 nitrogen and oxygen atoms in total. The molecule has 1 aromatic rings. The van der Waals surface area contributed by atoms with Gasteiger partial charge in [0.1, 0.15) is 5.82 Å². The van der Waals surface area contributed by atoms with E-state index in [4.69, 9.17) is 21.1 Å². The van der Waals surface area contributed by atoms with Crippen molar-refractivity contribution in [2.45, 2.75) is 44.7 Å². The zero-order chi connectivity index (χ0) is 18.6. The Kier molecular flexibility index (Phi) is 6.62. The second-order valence-electron chi connectivity index (χ2n) is 6.51. The van der Waals surface area contributed by atoms with E-state index in [9.17, 15) is 14.3 Å². The van der Waals surface area contributed by atoms with Crippen LogP contribution >= 0.6 is 11.6 Å². The largest absolute Gasteiger partial charge is 0.394 e. The summed E-state index contributed by atoms with van der Waals surface area (Å²) < 4.78 is 24.6. The smallest absolute Gasteiger partial charge is 0.317 e. The Labute approximate surface area is 151 Å². The lowest BCUT2D eigenvalue weighted by atomic mass is 10.1. The van der Waals surface area contributed by atoms with Crippen LogP contribution in [-0.2, 0) is 16.0 Å². The summed E-state index contributed by atoms with van der Waals surface area (Å²) in [4.78, 5) is 13.7. The fourth-order valence-corrected chi connectivity index (χ4v) is 2.88. The maximum Gasteiger partial charge on any atom is 0.317 e. The van der Waals surface area contributed by atoms with Gasteiger partial charge < -0.3 is 24.8 Å². The quantitative estimate of drug-likeness (QED) is 0.802. The fourth-order valence-electron chi connectivity index (χ4n) is 2.68. The Hall–Kier alpha value is -1.41. The summed E-state index contributed by atoms with van der Waals surface area (Å²) in [7, 11) is 1.59. The number of likely N-dealkylation sites (N-methyl/N-ethyl adjacent to an activating group) is 1. The SMILES string of the molecule is CN(C(=O)NCc1cccc(F)c1Cl)C(CO)CC1COC(C)(C)O1. The third kappa shape index (κ3) is 5.28. The molecule has 8 heteroatoms. The topological polar surface area (TPSA) is 71.0 Å². The van der Waals surface area contributed by atoms with Gasteiger partial charge in [0.2, 0.25) is 0 Å². The lowest BCUT2D eigenvalue weighted by Crippen LogP contribution is -2.46. The number of hydrogen-bond acceptors (Lipinski definition) is 4. The minimum atomic E-state index is -0.653. The van der Waals surface area contributed by atoms with Crippen molar-refractivity contribution in [3.05, 3.63) is 34.6 Å². The van der Waals surface area contributed by atoms with Gasteiger partial charge in [-0.25, -0.2) is 9.18 Å². The van der Waals surface area contributed by atoms with Crippen molar-refractivity contribution in [2.75, 3.05) is 20.3 Å². The number of rotatable bonds is 6. The van der Waals surface area contributed by atoms with Crippen molar-refractivity contribution < 1.29 is 23.8 Å². The van der Waals surface area contributed by atoms with E-state index in [1.54, 1.807) is 13.1 Å². The Bertz CT molecular complexity index is 614. The van der Waals surface area contributed by atoms with Crippen LogP contribution in [0.3, 0.4) is 0 Å². The Morgan fingerprint density at radius 1 is 1.56 bits per heavy atom. The van der Waals surface area contributed by atoms with E-state index in [0.29, 0.717) is 18.6 Å². The van der Waals surface area contributed by atoms with Crippen LogP contribution in [-0.4, -0.2) is 54.2 Å². The van der Waals surface area contributed by atoms with Crippen molar-refractivity contribution in [1.82, 2.24) is 10.2 Å². The molecular weight excluding hydrogens is 351 g/mol. The Morgan fingerprint density at radius 2 is 2.28 bits per heavy atom. The van der Waals surface area contributed by atoms with Crippen LogP contribution in [0.25, 0.3) is 0 Å².